The summed E-state index contributed by atoms with van der Waals surface area (Å²) in [5.74, 6) is 0.412. The zero-order valence-electron chi connectivity index (χ0n) is 10.6. The van der Waals surface area contributed by atoms with E-state index in [-0.39, 0.29) is 12.4 Å². The van der Waals surface area contributed by atoms with Crippen LogP contribution in [0.15, 0.2) is 46.9 Å². The lowest BCUT2D eigenvalue weighted by Crippen LogP contribution is -2.20. The number of ether oxygens (including phenoxy) is 1. The van der Waals surface area contributed by atoms with Gasteiger partial charge in [-0.1, -0.05) is 34.1 Å². The predicted octanol–water partition coefficient (Wildman–Crippen LogP) is 3.98. The number of nitrogens with two attached hydrogens (primary N) is 1. The van der Waals surface area contributed by atoms with Gasteiger partial charge in [-0.25, -0.2) is 4.39 Å². The second kappa shape index (κ2) is 6.17. The highest BCUT2D eigenvalue weighted by molar-refractivity contribution is 9.10. The highest BCUT2D eigenvalue weighted by atomic mass is 79.9. The van der Waals surface area contributed by atoms with Crippen LogP contribution >= 0.6 is 15.9 Å². The Hall–Kier alpha value is -1.39. The summed E-state index contributed by atoms with van der Waals surface area (Å²) in [5, 5.41) is 0. The van der Waals surface area contributed by atoms with Gasteiger partial charge in [-0.3, -0.25) is 0 Å². The molecule has 4 heteroatoms. The smallest absolute Gasteiger partial charge is 0.139 e. The summed E-state index contributed by atoms with van der Waals surface area (Å²) in [6, 6.07) is 12.2. The van der Waals surface area contributed by atoms with Gasteiger partial charge in [-0.05, 0) is 36.8 Å². The first-order chi connectivity index (χ1) is 9.11. The first-order valence-corrected chi connectivity index (χ1v) is 6.78. The molecule has 2 N–H and O–H groups in total. The number of halogens is 2. The topological polar surface area (TPSA) is 35.2 Å². The van der Waals surface area contributed by atoms with Crippen molar-refractivity contribution in [2.45, 2.75) is 13.0 Å². The minimum atomic E-state index is -0.485. The Kier molecular flexibility index (Phi) is 4.56. The van der Waals surface area contributed by atoms with Crippen LogP contribution in [-0.4, -0.2) is 6.54 Å². The molecule has 2 nitrogen and oxygen atoms in total. The Bertz CT molecular complexity index is 574. The summed E-state index contributed by atoms with van der Waals surface area (Å²) in [4.78, 5) is 0. The average molecular weight is 324 g/mol. The molecule has 0 aliphatic carbocycles. The van der Waals surface area contributed by atoms with Crippen molar-refractivity contribution in [3.8, 4) is 5.75 Å². The van der Waals surface area contributed by atoms with Gasteiger partial charge in [0.1, 0.15) is 17.7 Å². The third-order valence-electron chi connectivity index (χ3n) is 2.87. The second-order valence-electron chi connectivity index (χ2n) is 4.27. The van der Waals surface area contributed by atoms with Crippen LogP contribution in [0.4, 0.5) is 4.39 Å². The van der Waals surface area contributed by atoms with Crippen molar-refractivity contribution in [3.63, 3.8) is 0 Å². The van der Waals surface area contributed by atoms with Gasteiger partial charge in [0.05, 0.1) is 0 Å². The van der Waals surface area contributed by atoms with Crippen LogP contribution in [0.1, 0.15) is 17.2 Å². The van der Waals surface area contributed by atoms with Gasteiger partial charge >= 0.3 is 0 Å². The molecule has 0 saturated heterocycles. The Morgan fingerprint density at radius 3 is 2.63 bits per heavy atom. The zero-order valence-corrected chi connectivity index (χ0v) is 12.2. The molecule has 2 rings (SSSR count). The van der Waals surface area contributed by atoms with Crippen molar-refractivity contribution in [3.05, 3.63) is 63.9 Å². The van der Waals surface area contributed by atoms with Crippen LogP contribution in [0.5, 0.6) is 5.75 Å². The van der Waals surface area contributed by atoms with Gasteiger partial charge in [-0.2, -0.15) is 0 Å². The van der Waals surface area contributed by atoms with E-state index in [0.29, 0.717) is 11.3 Å². The summed E-state index contributed by atoms with van der Waals surface area (Å²) in [7, 11) is 0. The molecule has 1 atom stereocenters. The van der Waals surface area contributed by atoms with Crippen LogP contribution in [0, 0.1) is 12.7 Å². The molecule has 0 radical (unpaired) electrons. The molecule has 0 aromatic heterocycles. The minimum absolute atomic E-state index is 0.219. The minimum Gasteiger partial charge on any atom is -0.484 e. The quantitative estimate of drug-likeness (QED) is 0.923. The van der Waals surface area contributed by atoms with Crippen LogP contribution in [-0.2, 0) is 0 Å². The molecule has 1 unspecified atom stereocenters. The maximum absolute atomic E-state index is 13.8. The van der Waals surface area contributed by atoms with E-state index in [1.54, 1.807) is 18.2 Å². The number of aryl methyl sites for hydroxylation is 1. The summed E-state index contributed by atoms with van der Waals surface area (Å²) in [6.45, 7) is 2.16. The number of benzene rings is 2. The van der Waals surface area contributed by atoms with E-state index in [1.807, 2.05) is 25.1 Å². The lowest BCUT2D eigenvalue weighted by atomic mass is 10.1. The molecular weight excluding hydrogens is 309 g/mol. The fourth-order valence-electron chi connectivity index (χ4n) is 1.87. The molecule has 0 fully saturated rings. The molecule has 19 heavy (non-hydrogen) atoms. The number of hydrogen-bond acceptors (Lipinski definition) is 2. The van der Waals surface area contributed by atoms with E-state index in [4.69, 9.17) is 10.5 Å². The Labute approximate surface area is 120 Å². The van der Waals surface area contributed by atoms with E-state index in [2.05, 4.69) is 15.9 Å². The summed E-state index contributed by atoms with van der Waals surface area (Å²) in [5.41, 5.74) is 7.16. The van der Waals surface area contributed by atoms with Gasteiger partial charge in [0.15, 0.2) is 0 Å². The average Bonchev–Trinajstić information content (AvgIpc) is 2.39. The van der Waals surface area contributed by atoms with Crippen molar-refractivity contribution >= 4 is 15.9 Å². The number of hydrogen-bond donors (Lipinski definition) is 1. The predicted molar refractivity (Wildman–Crippen MR) is 77.7 cm³/mol. The van der Waals surface area contributed by atoms with Crippen molar-refractivity contribution < 1.29 is 9.13 Å². The number of rotatable bonds is 4. The van der Waals surface area contributed by atoms with Gasteiger partial charge in [-0.15, -0.1) is 0 Å². The van der Waals surface area contributed by atoms with Crippen LogP contribution in [0.2, 0.25) is 0 Å². The van der Waals surface area contributed by atoms with Crippen molar-refractivity contribution in [2.75, 3.05) is 6.54 Å². The van der Waals surface area contributed by atoms with Crippen molar-refractivity contribution in [1.29, 1.82) is 0 Å². The van der Waals surface area contributed by atoms with E-state index in [9.17, 15) is 4.39 Å². The molecule has 0 amide bonds. The van der Waals surface area contributed by atoms with Crippen LogP contribution in [0.3, 0.4) is 0 Å². The first-order valence-electron chi connectivity index (χ1n) is 5.99. The summed E-state index contributed by atoms with van der Waals surface area (Å²) >= 11 is 3.40. The molecular formula is C15H15BrFNO. The normalized spacial score (nSPS) is 12.2. The lowest BCUT2D eigenvalue weighted by Gasteiger charge is -2.19. The third-order valence-corrected chi connectivity index (χ3v) is 3.37. The largest absolute Gasteiger partial charge is 0.484 e. The van der Waals surface area contributed by atoms with Crippen LogP contribution < -0.4 is 10.5 Å². The van der Waals surface area contributed by atoms with E-state index < -0.39 is 6.10 Å². The Morgan fingerprint density at radius 2 is 2.00 bits per heavy atom. The van der Waals surface area contributed by atoms with E-state index in [0.717, 1.165) is 10.0 Å². The maximum atomic E-state index is 13.8. The molecule has 0 heterocycles. The highest BCUT2D eigenvalue weighted by Crippen LogP contribution is 2.28. The van der Waals surface area contributed by atoms with Crippen molar-refractivity contribution in [2.24, 2.45) is 5.73 Å². The Balaban J connectivity index is 2.27. The van der Waals surface area contributed by atoms with Gasteiger partial charge in [0.2, 0.25) is 0 Å². The van der Waals surface area contributed by atoms with E-state index in [1.165, 1.54) is 6.07 Å². The van der Waals surface area contributed by atoms with Gasteiger partial charge in [0.25, 0.3) is 0 Å². The molecule has 0 aliphatic heterocycles. The monoisotopic (exact) mass is 323 g/mol. The molecule has 0 bridgehead atoms. The molecule has 100 valence electrons. The molecule has 0 saturated carbocycles. The van der Waals surface area contributed by atoms with E-state index >= 15 is 0 Å². The Morgan fingerprint density at radius 1 is 1.26 bits per heavy atom. The molecule has 0 spiro atoms. The molecule has 0 aliphatic rings. The lowest BCUT2D eigenvalue weighted by molar-refractivity contribution is 0.207. The van der Waals surface area contributed by atoms with Gasteiger partial charge in [0, 0.05) is 16.6 Å². The second-order valence-corrected chi connectivity index (χ2v) is 5.19. The van der Waals surface area contributed by atoms with Crippen LogP contribution in [0.25, 0.3) is 0 Å². The zero-order chi connectivity index (χ0) is 13.8. The molecule has 2 aromatic carbocycles. The standard InChI is InChI=1S/C15H15BrFNO/c1-10-8-11(16)6-7-14(10)19-15(9-18)12-4-2-3-5-13(12)17/h2-8,15H,9,18H2,1H3. The third kappa shape index (κ3) is 3.33. The SMILES string of the molecule is Cc1cc(Br)ccc1OC(CN)c1ccccc1F. The first kappa shape index (κ1) is 14.0. The summed E-state index contributed by atoms with van der Waals surface area (Å²) < 4.78 is 20.6. The molecule has 2 aromatic rings. The highest BCUT2D eigenvalue weighted by Gasteiger charge is 2.16. The fraction of sp³-hybridized carbons (Fsp3) is 0.200. The van der Waals surface area contributed by atoms with Crippen molar-refractivity contribution in [1.82, 2.24) is 0 Å². The summed E-state index contributed by atoms with van der Waals surface area (Å²) in [6.07, 6.45) is -0.485. The fourth-order valence-corrected chi connectivity index (χ4v) is 2.35. The van der Waals surface area contributed by atoms with Gasteiger partial charge < -0.3 is 10.5 Å². The maximum Gasteiger partial charge on any atom is 0.139 e.